The van der Waals surface area contributed by atoms with Gasteiger partial charge in [0.25, 0.3) is 0 Å². The summed E-state index contributed by atoms with van der Waals surface area (Å²) in [6.45, 7) is 10.3. The molecule has 5 rings (SSSR count). The molecule has 9 heteroatoms. The molecule has 1 aliphatic carbocycles. The van der Waals surface area contributed by atoms with Crippen LogP contribution in [0.2, 0.25) is 0 Å². The average Bonchev–Trinajstić information content (AvgIpc) is 3.33. The first-order valence-corrected chi connectivity index (χ1v) is 13.9. The number of carbonyl (C=O) groups excluding carboxylic acids is 1. The second kappa shape index (κ2) is 11.4. The van der Waals surface area contributed by atoms with Gasteiger partial charge in [0, 0.05) is 18.9 Å². The van der Waals surface area contributed by atoms with Crippen molar-refractivity contribution in [2.45, 2.75) is 58.8 Å². The van der Waals surface area contributed by atoms with Gasteiger partial charge in [0.1, 0.15) is 17.3 Å². The molecule has 2 aromatic carbocycles. The van der Waals surface area contributed by atoms with Crippen molar-refractivity contribution in [1.82, 2.24) is 10.3 Å². The van der Waals surface area contributed by atoms with Gasteiger partial charge in [-0.15, -0.1) is 0 Å². The van der Waals surface area contributed by atoms with Crippen molar-refractivity contribution < 1.29 is 28.0 Å². The number of hydrogen-bond acceptors (Lipinski definition) is 6. The van der Waals surface area contributed by atoms with Gasteiger partial charge in [-0.05, 0) is 110 Å². The molecule has 0 atom stereocenters. The molecule has 0 spiro atoms. The molecular weight excluding hydrogens is 534 g/mol. The zero-order valence-electron chi connectivity index (χ0n) is 25.1. The van der Waals surface area contributed by atoms with E-state index in [0.717, 1.165) is 33.4 Å². The summed E-state index contributed by atoms with van der Waals surface area (Å²) < 4.78 is 38.6. The van der Waals surface area contributed by atoms with Crippen molar-refractivity contribution in [2.75, 3.05) is 14.2 Å². The number of aromatic nitrogens is 1. The Labute approximate surface area is 246 Å². The Morgan fingerprint density at radius 1 is 1.02 bits per heavy atom. The van der Waals surface area contributed by atoms with Crippen LogP contribution in [0.4, 0.5) is 4.39 Å². The van der Waals surface area contributed by atoms with Crippen LogP contribution in [0.25, 0.3) is 17.2 Å². The van der Waals surface area contributed by atoms with Crippen LogP contribution < -0.4 is 20.3 Å². The lowest BCUT2D eigenvalue weighted by atomic mass is 9.77. The van der Waals surface area contributed by atoms with Gasteiger partial charge in [0.2, 0.25) is 5.91 Å². The number of allylic oxidation sites excluding steroid dienone is 2. The molecule has 7 nitrogen and oxygen atoms in total. The molecule has 42 heavy (non-hydrogen) atoms. The smallest absolute Gasteiger partial charge is 0.497 e. The highest BCUT2D eigenvalue weighted by Gasteiger charge is 2.53. The third-order valence-electron chi connectivity index (χ3n) is 8.37. The van der Waals surface area contributed by atoms with Gasteiger partial charge < -0.3 is 24.1 Å². The Hall–Kier alpha value is -3.95. The number of nitrogens with one attached hydrogen (secondary N) is 1. The van der Waals surface area contributed by atoms with Gasteiger partial charge >= 0.3 is 7.12 Å². The minimum atomic E-state index is -0.671. The number of rotatable bonds is 8. The van der Waals surface area contributed by atoms with Gasteiger partial charge in [0.05, 0.1) is 37.3 Å². The third kappa shape index (κ3) is 5.59. The van der Waals surface area contributed by atoms with Crippen molar-refractivity contribution >= 4 is 35.7 Å². The maximum atomic E-state index is 14.4. The lowest BCUT2D eigenvalue weighted by molar-refractivity contribution is -0.120. The van der Waals surface area contributed by atoms with E-state index in [2.05, 4.69) is 10.3 Å². The predicted molar refractivity (Wildman–Crippen MR) is 163 cm³/mol. The molecule has 1 fully saturated rings. The Morgan fingerprint density at radius 2 is 1.69 bits per heavy atom. The van der Waals surface area contributed by atoms with Gasteiger partial charge in [-0.1, -0.05) is 12.1 Å². The molecule has 218 valence electrons. The molecule has 3 aromatic rings. The number of nitrogens with zero attached hydrogens (tertiary/aromatic N) is 1. The Morgan fingerprint density at radius 3 is 2.29 bits per heavy atom. The number of amides is 1. The fraction of sp³-hybridized carbons (Fsp3) is 0.333. The minimum Gasteiger partial charge on any atom is -0.497 e. The SMILES string of the molecule is COc1cc(/C=C2/C(C)=C(CC(=O)NCc3cccnc3)c3cc(F)ccc32)cc(OC)c1B1OC(C)(C)C(C)(C)O1. The van der Waals surface area contributed by atoms with Crippen LogP contribution in [0, 0.1) is 5.82 Å². The molecule has 1 saturated heterocycles. The van der Waals surface area contributed by atoms with E-state index in [1.807, 2.05) is 65.0 Å². The Balaban J connectivity index is 1.50. The van der Waals surface area contributed by atoms with E-state index >= 15 is 0 Å². The number of ether oxygens (including phenoxy) is 2. The zero-order chi connectivity index (χ0) is 30.2. The van der Waals surface area contributed by atoms with Crippen molar-refractivity contribution in [3.05, 3.63) is 88.5 Å². The van der Waals surface area contributed by atoms with Crippen molar-refractivity contribution in [1.29, 1.82) is 0 Å². The lowest BCUT2D eigenvalue weighted by Gasteiger charge is -2.32. The first-order valence-electron chi connectivity index (χ1n) is 13.9. The van der Waals surface area contributed by atoms with E-state index in [1.54, 1.807) is 32.7 Å². The molecule has 1 amide bonds. The summed E-state index contributed by atoms with van der Waals surface area (Å²) in [5.74, 6) is 0.619. The number of methoxy groups -OCH3 is 2. The van der Waals surface area contributed by atoms with Crippen LogP contribution in [0.15, 0.2) is 60.4 Å². The van der Waals surface area contributed by atoms with Gasteiger partial charge in [-0.3, -0.25) is 9.78 Å². The maximum absolute atomic E-state index is 14.4. The number of fused-ring (bicyclic) bond motifs is 1. The third-order valence-corrected chi connectivity index (χ3v) is 8.37. The minimum absolute atomic E-state index is 0.118. The largest absolute Gasteiger partial charge is 0.502 e. The van der Waals surface area contributed by atoms with Crippen LogP contribution in [0.5, 0.6) is 11.5 Å². The number of carbonyl (C=O) groups is 1. The van der Waals surface area contributed by atoms with E-state index < -0.39 is 18.3 Å². The highest BCUT2D eigenvalue weighted by atomic mass is 19.1. The van der Waals surface area contributed by atoms with Crippen molar-refractivity contribution in [3.63, 3.8) is 0 Å². The quantitative estimate of drug-likeness (QED) is 0.357. The number of pyridine rings is 1. The van der Waals surface area contributed by atoms with E-state index in [0.29, 0.717) is 29.1 Å². The topological polar surface area (TPSA) is 78.9 Å². The van der Waals surface area contributed by atoms with E-state index in [1.165, 1.54) is 12.1 Å². The van der Waals surface area contributed by atoms with Crippen LogP contribution >= 0.6 is 0 Å². The van der Waals surface area contributed by atoms with Crippen LogP contribution in [0.1, 0.15) is 63.3 Å². The predicted octanol–water partition coefficient (Wildman–Crippen LogP) is 5.57. The van der Waals surface area contributed by atoms with Gasteiger partial charge in [0.15, 0.2) is 0 Å². The number of hydrogen-bond donors (Lipinski definition) is 1. The molecule has 2 heterocycles. The molecule has 1 N–H and O–H groups in total. The molecule has 0 unspecified atom stereocenters. The fourth-order valence-electron chi connectivity index (χ4n) is 5.31. The average molecular weight is 570 g/mol. The van der Waals surface area contributed by atoms with Gasteiger partial charge in [-0.2, -0.15) is 0 Å². The lowest BCUT2D eigenvalue weighted by Crippen LogP contribution is -2.41. The summed E-state index contributed by atoms with van der Waals surface area (Å²) >= 11 is 0. The summed E-state index contributed by atoms with van der Waals surface area (Å²) in [6.07, 6.45) is 5.53. The molecule has 2 aliphatic rings. The highest BCUT2D eigenvalue weighted by molar-refractivity contribution is 6.64. The number of benzene rings is 2. The molecule has 0 bridgehead atoms. The van der Waals surface area contributed by atoms with Crippen LogP contribution in [-0.4, -0.2) is 43.4 Å². The van der Waals surface area contributed by atoms with Gasteiger partial charge in [-0.25, -0.2) is 4.39 Å². The second-order valence-electron chi connectivity index (χ2n) is 11.6. The van der Waals surface area contributed by atoms with Crippen LogP contribution in [-0.2, 0) is 20.6 Å². The second-order valence-corrected chi connectivity index (χ2v) is 11.6. The maximum Gasteiger partial charge on any atom is 0.502 e. The first kappa shape index (κ1) is 29.5. The van der Waals surface area contributed by atoms with E-state index in [-0.39, 0.29) is 18.1 Å². The monoisotopic (exact) mass is 570 g/mol. The zero-order valence-corrected chi connectivity index (χ0v) is 25.1. The van der Waals surface area contributed by atoms with E-state index in [4.69, 9.17) is 18.8 Å². The van der Waals surface area contributed by atoms with Crippen molar-refractivity contribution in [3.8, 4) is 11.5 Å². The summed E-state index contributed by atoms with van der Waals surface area (Å²) in [7, 11) is 2.53. The summed E-state index contributed by atoms with van der Waals surface area (Å²) in [6, 6.07) is 12.2. The summed E-state index contributed by atoms with van der Waals surface area (Å²) in [5, 5.41) is 2.95. The molecular formula is C33H36BFN2O5. The molecule has 1 aromatic heterocycles. The van der Waals surface area contributed by atoms with E-state index in [9.17, 15) is 9.18 Å². The fourth-order valence-corrected chi connectivity index (χ4v) is 5.31. The summed E-state index contributed by atoms with van der Waals surface area (Å²) in [5.41, 5.74) is 5.49. The van der Waals surface area contributed by atoms with Crippen molar-refractivity contribution in [2.24, 2.45) is 0 Å². The highest BCUT2D eigenvalue weighted by Crippen LogP contribution is 2.44. The number of halogens is 1. The molecule has 0 radical (unpaired) electrons. The Bertz CT molecular complexity index is 1540. The van der Waals surface area contributed by atoms with Crippen LogP contribution in [0.3, 0.4) is 0 Å². The first-order chi connectivity index (χ1) is 19.9. The Kier molecular flexibility index (Phi) is 8.01. The summed E-state index contributed by atoms with van der Waals surface area (Å²) in [4.78, 5) is 17.1. The molecule has 1 aliphatic heterocycles. The normalized spacial score (nSPS) is 17.9. The molecule has 0 saturated carbocycles. The standard InChI is InChI=1S/C33H36BFN2O5/c1-20-25(13-22-14-28(39-6)31(29(15-22)40-7)34-41-32(2,3)33(4,5)42-34)24-11-10-23(35)16-27(24)26(20)17-30(38)37-19-21-9-8-12-36-18-21/h8-16,18H,17,19H2,1-7H3,(H,37,38)/b25-13-.